The first-order chi connectivity index (χ1) is 32.1. The van der Waals surface area contributed by atoms with Crippen LogP contribution in [0.2, 0.25) is 0 Å². The number of halogens is 10. The summed E-state index contributed by atoms with van der Waals surface area (Å²) in [5.74, 6) is -0.439. The number of hydrogen-bond donors (Lipinski definition) is 1. The number of nitrogens with one attached hydrogen (secondary N) is 1. The number of alkyl halides is 9. The Morgan fingerprint density at radius 3 is 1.21 bits per heavy atom. The van der Waals surface area contributed by atoms with E-state index in [9.17, 15) is 44.3 Å². The second-order valence-electron chi connectivity index (χ2n) is 18.5. The molecule has 4 aromatic carbocycles. The predicted octanol–water partition coefficient (Wildman–Crippen LogP) is 8.39. The Bertz CT molecular complexity index is 2080. The Kier molecular flexibility index (Phi) is 25.0. The molecule has 0 spiro atoms. The van der Waals surface area contributed by atoms with Crippen molar-refractivity contribution in [1.29, 1.82) is 0 Å². The first kappa shape index (κ1) is 63.3. The zero-order valence-corrected chi connectivity index (χ0v) is 44.5. The minimum atomic E-state index is -4.28. The van der Waals surface area contributed by atoms with Gasteiger partial charge >= 0.3 is 47.6 Å². The van der Waals surface area contributed by atoms with Crippen molar-refractivity contribution in [2.24, 2.45) is 0 Å². The summed E-state index contributed by atoms with van der Waals surface area (Å²) in [5, 5.41) is 9.30. The zero-order chi connectivity index (χ0) is 51.2. The fourth-order valence-electron chi connectivity index (χ4n) is 7.14. The van der Waals surface area contributed by atoms with E-state index >= 15 is 0 Å². The smallest absolute Gasteiger partial charge is 1.00 e. The second kappa shape index (κ2) is 28.0. The van der Waals surface area contributed by atoms with Crippen LogP contribution >= 0.6 is 0 Å². The Morgan fingerprint density at radius 1 is 0.521 bits per heavy atom. The van der Waals surface area contributed by atoms with E-state index in [2.05, 4.69) is 20.4 Å². The summed E-state index contributed by atoms with van der Waals surface area (Å²) in [5.41, 5.74) is 2.35. The number of carbonyl (C=O) groups excluding carboxylic acids is 1. The summed E-state index contributed by atoms with van der Waals surface area (Å²) in [6, 6.07) is 21.6. The quantitative estimate of drug-likeness (QED) is 0.0887. The summed E-state index contributed by atoms with van der Waals surface area (Å²) in [6.07, 6.45) is -12.8. The normalized spacial score (nSPS) is 15.8. The van der Waals surface area contributed by atoms with Crippen LogP contribution in [0, 0.1) is 13.8 Å². The molecule has 3 aliphatic heterocycles. The van der Waals surface area contributed by atoms with Crippen LogP contribution in [-0.2, 0) is 33.1 Å². The third-order valence-corrected chi connectivity index (χ3v) is 10.5. The molecule has 71 heavy (non-hydrogen) atoms. The summed E-state index contributed by atoms with van der Waals surface area (Å²) >= 11 is 0. The Hall–Kier alpha value is -3.83. The topological polar surface area (TPSA) is 83.8 Å². The van der Waals surface area contributed by atoms with Crippen LogP contribution < -0.4 is 37.0 Å². The van der Waals surface area contributed by atoms with Gasteiger partial charge in [-0.25, -0.2) is 4.79 Å². The number of rotatable bonds is 6. The van der Waals surface area contributed by atoms with Gasteiger partial charge in [-0.05, 0) is 152 Å². The van der Waals surface area contributed by atoms with E-state index in [1.165, 1.54) is 36.4 Å². The summed E-state index contributed by atoms with van der Waals surface area (Å²) < 4.78 is 112. The van der Waals surface area contributed by atoms with Crippen LogP contribution in [0.25, 0.3) is 5.32 Å². The first-order valence-electron chi connectivity index (χ1n) is 22.6. The molecule has 0 radical (unpaired) electrons. The van der Waals surface area contributed by atoms with Crippen molar-refractivity contribution in [3.8, 4) is 0 Å². The number of carbonyl (C=O) groups is 1. The van der Waals surface area contributed by atoms with Crippen LogP contribution in [-0.4, -0.2) is 124 Å². The summed E-state index contributed by atoms with van der Waals surface area (Å²) in [6.45, 7) is 24.7. The third kappa shape index (κ3) is 22.0. The van der Waals surface area contributed by atoms with Gasteiger partial charge in [0.2, 0.25) is 0 Å². The van der Waals surface area contributed by atoms with Gasteiger partial charge in [-0.2, -0.15) is 49.5 Å². The van der Waals surface area contributed by atoms with Crippen molar-refractivity contribution in [3.63, 3.8) is 0 Å². The van der Waals surface area contributed by atoms with Gasteiger partial charge in [-0.1, -0.05) is 18.2 Å². The molecular weight excluding hydrogens is 1020 g/mol. The van der Waals surface area contributed by atoms with Crippen molar-refractivity contribution in [2.75, 3.05) is 93.2 Å². The summed E-state index contributed by atoms with van der Waals surface area (Å²) in [7, 11) is 0. The van der Waals surface area contributed by atoms with Gasteiger partial charge in [0.05, 0.1) is 27.9 Å². The van der Waals surface area contributed by atoms with Gasteiger partial charge < -0.3 is 42.3 Å². The Balaban J connectivity index is 0.000000324. The van der Waals surface area contributed by atoms with Gasteiger partial charge in [-0.3, -0.25) is 9.73 Å². The van der Waals surface area contributed by atoms with Crippen LogP contribution in [0.3, 0.4) is 0 Å². The maximum Gasteiger partial charge on any atom is 2.00 e. The zero-order valence-electron chi connectivity index (χ0n) is 41.5. The average molecular weight is 1090 g/mol. The third-order valence-electron chi connectivity index (χ3n) is 10.5. The fourth-order valence-corrected chi connectivity index (χ4v) is 7.14. The maximum absolute atomic E-state index is 12.5. The van der Waals surface area contributed by atoms with E-state index in [0.717, 1.165) is 143 Å². The van der Waals surface area contributed by atoms with E-state index in [4.69, 9.17) is 14.6 Å². The van der Waals surface area contributed by atoms with Crippen LogP contribution in [0.4, 0.5) is 56.6 Å². The molecule has 390 valence electrons. The number of benzene rings is 4. The van der Waals surface area contributed by atoms with Crippen molar-refractivity contribution in [3.05, 3.63) is 130 Å². The van der Waals surface area contributed by atoms with E-state index in [-0.39, 0.29) is 45.6 Å². The molecule has 0 atom stereocenters. The van der Waals surface area contributed by atoms with Gasteiger partial charge in [0.15, 0.2) is 0 Å². The predicted molar refractivity (Wildman–Crippen MR) is 257 cm³/mol. The van der Waals surface area contributed by atoms with Crippen LogP contribution in [0.5, 0.6) is 0 Å². The van der Waals surface area contributed by atoms with Gasteiger partial charge in [0.1, 0.15) is 5.60 Å². The molecule has 21 heteroatoms. The molecule has 0 saturated carbocycles. The molecule has 4 aromatic rings. The van der Waals surface area contributed by atoms with Crippen molar-refractivity contribution >= 4 is 46.1 Å². The van der Waals surface area contributed by atoms with E-state index in [1.807, 2.05) is 83.6 Å². The standard InChI is InChI=1S/C15H21F3N2O.C13H18O3.C11H13F3N2.C11H12F3N2.BrH.Mg/c1-14(2,3)21-20-10-8-19(9-11-20)13-6-4-12(5-7-13)15(16,17)18;1-9-7-6-8-10(2)11(9)12(14)15-16-13(3,4)5;2*12-11(13,14)9-1-3-10(4-2-9)16-7-5-15-6-8-16;;/h4-7H,8-11H2,1-3H3;6-8H,1-5H3;1-4,15H,5-8H2;1-4H,5-8H2;1H;/q;;;-1;;+2/p-1. The molecule has 3 fully saturated rings. The molecule has 7 rings (SSSR count). The maximum atomic E-state index is 12.5. The molecule has 1 N–H and O–H groups in total. The molecule has 0 unspecified atom stereocenters. The number of piperazine rings is 3. The molecule has 0 aromatic heterocycles. The Morgan fingerprint density at radius 2 is 0.873 bits per heavy atom. The molecule has 3 heterocycles. The average Bonchev–Trinajstić information content (AvgIpc) is 3.28. The minimum absolute atomic E-state index is 0. The van der Waals surface area contributed by atoms with Crippen molar-refractivity contribution in [2.45, 2.75) is 85.1 Å². The molecule has 3 saturated heterocycles. The number of hydrogen-bond acceptors (Lipinski definition) is 9. The van der Waals surface area contributed by atoms with Gasteiger partial charge in [-0.15, -0.1) is 13.1 Å². The van der Waals surface area contributed by atoms with Crippen molar-refractivity contribution < 1.29 is 75.9 Å². The SMILES string of the molecule is CC(C)(C)ON1CCN(c2ccc(C(F)(F)F)cc2)CC1.Cc1cccc(C)c1C(=O)OOC(C)(C)C.FC(F)(F)c1ccc(N2CCNCC2)cc1.FC(F)(F)c1ccc(N2CC[N-]CC2)cc1.[Br-].[Mg+2]. The number of hydroxylamine groups is 2. The Labute approximate surface area is 438 Å². The molecule has 0 bridgehead atoms. The minimum Gasteiger partial charge on any atom is -1.00 e. The van der Waals surface area contributed by atoms with E-state index in [1.54, 1.807) is 0 Å². The number of nitrogens with zero attached hydrogens (tertiary/aromatic N) is 5. The molecule has 0 aliphatic carbocycles. The number of aryl methyl sites for hydroxylation is 2. The fraction of sp³-hybridized carbons (Fsp3) is 0.500. The first-order valence-corrected chi connectivity index (χ1v) is 22.6. The molecular formula is C50H64BrF9MgN6O4. The van der Waals surface area contributed by atoms with Gasteiger partial charge in [0, 0.05) is 69.4 Å². The van der Waals surface area contributed by atoms with Crippen LogP contribution in [0.1, 0.15) is 79.7 Å². The van der Waals surface area contributed by atoms with Crippen molar-refractivity contribution in [1.82, 2.24) is 10.4 Å². The monoisotopic (exact) mass is 1090 g/mol. The molecule has 10 nitrogen and oxygen atoms in total. The summed E-state index contributed by atoms with van der Waals surface area (Å²) in [4.78, 5) is 33.6. The largest absolute Gasteiger partial charge is 2.00 e. The molecule has 3 aliphatic rings. The van der Waals surface area contributed by atoms with Crippen LogP contribution in [0.15, 0.2) is 91.0 Å². The van der Waals surface area contributed by atoms with Gasteiger partial charge in [0.25, 0.3) is 0 Å². The van der Waals surface area contributed by atoms with E-state index < -0.39 is 46.8 Å². The molecule has 0 amide bonds. The number of anilines is 3. The van der Waals surface area contributed by atoms with E-state index in [0.29, 0.717) is 5.56 Å². The second-order valence-corrected chi connectivity index (χ2v) is 18.5.